The molecule has 0 radical (unpaired) electrons. The van der Waals surface area contributed by atoms with Gasteiger partial charge in [-0.25, -0.2) is 0 Å². The van der Waals surface area contributed by atoms with Crippen molar-refractivity contribution < 1.29 is 8.42 Å². The summed E-state index contributed by atoms with van der Waals surface area (Å²) in [6, 6.07) is 11.2. The number of hydrogen-bond donors (Lipinski definition) is 0. The summed E-state index contributed by atoms with van der Waals surface area (Å²) in [7, 11) is -3.49. The summed E-state index contributed by atoms with van der Waals surface area (Å²) in [4.78, 5) is 0. The Kier molecular flexibility index (Phi) is 4.62. The molecule has 1 fully saturated rings. The summed E-state index contributed by atoms with van der Waals surface area (Å²) >= 11 is 6.03. The van der Waals surface area contributed by atoms with Crippen molar-refractivity contribution in [2.75, 3.05) is 19.6 Å². The lowest BCUT2D eigenvalue weighted by molar-refractivity contribution is 0.254. The van der Waals surface area contributed by atoms with E-state index in [0.29, 0.717) is 31.2 Å². The molecule has 1 atom stereocenters. The Hall–Kier alpha value is -1.34. The van der Waals surface area contributed by atoms with Gasteiger partial charge >= 0.3 is 0 Å². The first-order valence-electron chi connectivity index (χ1n) is 8.75. The largest absolute Gasteiger partial charge is 0.348 e. The van der Waals surface area contributed by atoms with Crippen LogP contribution in [0.25, 0.3) is 0 Å². The van der Waals surface area contributed by atoms with Crippen LogP contribution < -0.4 is 0 Å². The van der Waals surface area contributed by atoms with E-state index in [1.54, 1.807) is 8.61 Å². The number of rotatable bonds is 3. The average Bonchev–Trinajstić information content (AvgIpc) is 3.11. The molecule has 0 aliphatic carbocycles. The van der Waals surface area contributed by atoms with Gasteiger partial charge < -0.3 is 4.57 Å². The highest BCUT2D eigenvalue weighted by molar-refractivity contribution is 7.86. The molecule has 1 aromatic heterocycles. The fourth-order valence-electron chi connectivity index (χ4n) is 3.84. The molecule has 0 amide bonds. The van der Waals surface area contributed by atoms with Crippen LogP contribution in [0.15, 0.2) is 42.6 Å². The molecule has 0 spiro atoms. The van der Waals surface area contributed by atoms with Gasteiger partial charge in [0.25, 0.3) is 10.2 Å². The minimum absolute atomic E-state index is 0.312. The number of fused-ring (bicyclic) bond motifs is 1. The predicted molar refractivity (Wildman–Crippen MR) is 98.8 cm³/mol. The van der Waals surface area contributed by atoms with Gasteiger partial charge in [0, 0.05) is 43.1 Å². The van der Waals surface area contributed by atoms with Crippen LogP contribution in [0.4, 0.5) is 0 Å². The van der Waals surface area contributed by atoms with E-state index in [9.17, 15) is 8.42 Å². The highest BCUT2D eigenvalue weighted by Crippen LogP contribution is 2.36. The van der Waals surface area contributed by atoms with Crippen molar-refractivity contribution in [3.8, 4) is 0 Å². The monoisotopic (exact) mass is 379 g/mol. The molecule has 1 aromatic carbocycles. The molecule has 3 heterocycles. The molecule has 25 heavy (non-hydrogen) atoms. The Balaban J connectivity index is 1.76. The third-order valence-corrected chi connectivity index (χ3v) is 7.37. The maximum atomic E-state index is 13.3. The maximum Gasteiger partial charge on any atom is 0.282 e. The van der Waals surface area contributed by atoms with Crippen molar-refractivity contribution in [1.82, 2.24) is 13.2 Å². The van der Waals surface area contributed by atoms with E-state index >= 15 is 0 Å². The Morgan fingerprint density at radius 1 is 0.920 bits per heavy atom. The van der Waals surface area contributed by atoms with Crippen molar-refractivity contribution >= 4 is 21.8 Å². The van der Waals surface area contributed by atoms with Crippen LogP contribution in [0.5, 0.6) is 0 Å². The molecule has 1 unspecified atom stereocenters. The minimum Gasteiger partial charge on any atom is -0.348 e. The maximum absolute atomic E-state index is 13.3. The lowest BCUT2D eigenvalue weighted by Gasteiger charge is -2.40. The van der Waals surface area contributed by atoms with Gasteiger partial charge in [0.05, 0.1) is 6.04 Å². The van der Waals surface area contributed by atoms with E-state index in [1.807, 2.05) is 42.6 Å². The quantitative estimate of drug-likeness (QED) is 0.821. The van der Waals surface area contributed by atoms with Gasteiger partial charge in [0.2, 0.25) is 0 Å². The second-order valence-corrected chi connectivity index (χ2v) is 8.98. The van der Waals surface area contributed by atoms with E-state index in [-0.39, 0.29) is 6.04 Å². The molecule has 4 rings (SSSR count). The van der Waals surface area contributed by atoms with E-state index in [0.717, 1.165) is 30.5 Å². The third-order valence-electron chi connectivity index (χ3n) is 5.12. The topological polar surface area (TPSA) is 45.6 Å². The molecule has 0 saturated carbocycles. The number of hydrogen-bond acceptors (Lipinski definition) is 2. The first kappa shape index (κ1) is 17.1. The fourth-order valence-corrected chi connectivity index (χ4v) is 5.79. The smallest absolute Gasteiger partial charge is 0.282 e. The molecule has 2 aromatic rings. The van der Waals surface area contributed by atoms with Crippen molar-refractivity contribution in [3.63, 3.8) is 0 Å². The van der Waals surface area contributed by atoms with Crippen LogP contribution in [0.1, 0.15) is 36.6 Å². The summed E-state index contributed by atoms with van der Waals surface area (Å²) in [5, 5.41) is 0.653. The molecule has 2 aliphatic heterocycles. The van der Waals surface area contributed by atoms with Crippen LogP contribution in [0.3, 0.4) is 0 Å². The molecule has 1 saturated heterocycles. The lowest BCUT2D eigenvalue weighted by Crippen LogP contribution is -2.50. The lowest BCUT2D eigenvalue weighted by atomic mass is 10.0. The summed E-state index contributed by atoms with van der Waals surface area (Å²) in [5.41, 5.74) is 1.96. The molecule has 2 aliphatic rings. The van der Waals surface area contributed by atoms with Gasteiger partial charge in [0.15, 0.2) is 0 Å². The van der Waals surface area contributed by atoms with Gasteiger partial charge in [-0.05, 0) is 42.7 Å². The van der Waals surface area contributed by atoms with Crippen LogP contribution in [-0.2, 0) is 16.8 Å². The highest BCUT2D eigenvalue weighted by atomic mass is 35.5. The van der Waals surface area contributed by atoms with Crippen LogP contribution >= 0.6 is 11.6 Å². The van der Waals surface area contributed by atoms with Crippen LogP contribution in [0, 0.1) is 0 Å². The number of aromatic nitrogens is 1. The number of halogens is 1. The predicted octanol–water partition coefficient (Wildman–Crippen LogP) is 3.28. The second kappa shape index (κ2) is 6.76. The number of piperidine rings is 1. The van der Waals surface area contributed by atoms with Gasteiger partial charge in [-0.15, -0.1) is 0 Å². The van der Waals surface area contributed by atoms with Crippen molar-refractivity contribution in [1.29, 1.82) is 0 Å². The average molecular weight is 380 g/mol. The third kappa shape index (κ3) is 3.12. The normalized spacial score (nSPS) is 22.7. The van der Waals surface area contributed by atoms with Gasteiger partial charge in [-0.3, -0.25) is 0 Å². The van der Waals surface area contributed by atoms with Crippen molar-refractivity contribution in [2.45, 2.75) is 31.8 Å². The zero-order chi connectivity index (χ0) is 17.4. The van der Waals surface area contributed by atoms with Gasteiger partial charge in [-0.1, -0.05) is 30.2 Å². The standard InChI is InChI=1S/C18H22ClN3O2S/c19-16-8-6-15(7-9-16)18-17-5-4-10-20(17)13-14-22(18)25(23,24)21-11-2-1-3-12-21/h4-10,18H,1-3,11-14H2. The zero-order valence-corrected chi connectivity index (χ0v) is 15.6. The minimum atomic E-state index is -3.49. The highest BCUT2D eigenvalue weighted by Gasteiger charge is 2.40. The number of benzene rings is 1. The first-order chi connectivity index (χ1) is 12.1. The Morgan fingerprint density at radius 3 is 2.36 bits per heavy atom. The van der Waals surface area contributed by atoms with Gasteiger partial charge in [-0.2, -0.15) is 17.0 Å². The summed E-state index contributed by atoms with van der Waals surface area (Å²) in [6.07, 6.45) is 5.00. The van der Waals surface area contributed by atoms with Crippen LogP contribution in [0.2, 0.25) is 5.02 Å². The van der Waals surface area contributed by atoms with Crippen LogP contribution in [-0.4, -0.2) is 41.2 Å². The van der Waals surface area contributed by atoms with Crippen molar-refractivity contribution in [2.24, 2.45) is 0 Å². The first-order valence-corrected chi connectivity index (χ1v) is 10.5. The molecule has 0 N–H and O–H groups in total. The molecule has 5 nitrogen and oxygen atoms in total. The molecule has 7 heteroatoms. The molecular formula is C18H22ClN3O2S. The SMILES string of the molecule is O=S(=O)(N1CCCCC1)N1CCn2cccc2C1c1ccc(Cl)cc1. The van der Waals surface area contributed by atoms with E-state index < -0.39 is 10.2 Å². The van der Waals surface area contributed by atoms with Gasteiger partial charge in [0.1, 0.15) is 0 Å². The Labute approximate surface area is 154 Å². The van der Waals surface area contributed by atoms with E-state index in [1.165, 1.54) is 0 Å². The Morgan fingerprint density at radius 2 is 1.64 bits per heavy atom. The summed E-state index contributed by atoms with van der Waals surface area (Å²) in [5.74, 6) is 0. The van der Waals surface area contributed by atoms with E-state index in [2.05, 4.69) is 4.57 Å². The zero-order valence-electron chi connectivity index (χ0n) is 14.0. The summed E-state index contributed by atoms with van der Waals surface area (Å²) in [6.45, 7) is 2.40. The number of nitrogens with zero attached hydrogens (tertiary/aromatic N) is 3. The van der Waals surface area contributed by atoms with Crippen molar-refractivity contribution in [3.05, 3.63) is 58.9 Å². The molecule has 0 bridgehead atoms. The second-order valence-electron chi connectivity index (χ2n) is 6.66. The summed E-state index contributed by atoms with van der Waals surface area (Å²) < 4.78 is 32.1. The fraction of sp³-hybridized carbons (Fsp3) is 0.444. The molecule has 134 valence electrons. The molecular weight excluding hydrogens is 358 g/mol. The van der Waals surface area contributed by atoms with E-state index in [4.69, 9.17) is 11.6 Å². The Bertz CT molecular complexity index is 841.